The number of piperidine rings is 1. The van der Waals surface area contributed by atoms with Crippen LogP contribution in [0.5, 0.6) is 0 Å². The van der Waals surface area contributed by atoms with Gasteiger partial charge in [-0.15, -0.1) is 0 Å². The van der Waals surface area contributed by atoms with E-state index < -0.39 is 10.0 Å². The van der Waals surface area contributed by atoms with Crippen molar-refractivity contribution in [2.45, 2.75) is 24.2 Å². The SMILES string of the molecule is O=C(c1cccc(NS(=O)(=O)c2ccccc2)c1)N1CCC(CCN2CCOCC2)CC1. The maximum Gasteiger partial charge on any atom is 0.261 e. The van der Waals surface area contributed by atoms with E-state index in [2.05, 4.69) is 9.62 Å². The van der Waals surface area contributed by atoms with Gasteiger partial charge >= 0.3 is 0 Å². The molecule has 0 bridgehead atoms. The van der Waals surface area contributed by atoms with Crippen LogP contribution in [0.2, 0.25) is 0 Å². The molecule has 0 aromatic heterocycles. The number of benzene rings is 2. The van der Waals surface area contributed by atoms with E-state index in [4.69, 9.17) is 4.74 Å². The average Bonchev–Trinajstić information content (AvgIpc) is 2.84. The van der Waals surface area contributed by atoms with E-state index in [1.807, 2.05) is 4.90 Å². The zero-order chi connectivity index (χ0) is 22.4. The van der Waals surface area contributed by atoms with Gasteiger partial charge in [-0.25, -0.2) is 8.42 Å². The molecule has 1 N–H and O–H groups in total. The molecule has 0 unspecified atom stereocenters. The summed E-state index contributed by atoms with van der Waals surface area (Å²) in [6.07, 6.45) is 3.19. The lowest BCUT2D eigenvalue weighted by molar-refractivity contribution is 0.0332. The molecule has 0 radical (unpaired) electrons. The number of likely N-dealkylation sites (tertiary alicyclic amines) is 1. The Morgan fingerprint density at radius 2 is 1.69 bits per heavy atom. The lowest BCUT2D eigenvalue weighted by Gasteiger charge is -2.34. The molecular formula is C24H31N3O4S. The summed E-state index contributed by atoms with van der Waals surface area (Å²) in [4.78, 5) is 17.6. The molecule has 2 saturated heterocycles. The van der Waals surface area contributed by atoms with Gasteiger partial charge in [0.15, 0.2) is 0 Å². The van der Waals surface area contributed by atoms with Gasteiger partial charge in [0.1, 0.15) is 0 Å². The normalized spacial score (nSPS) is 18.4. The summed E-state index contributed by atoms with van der Waals surface area (Å²) in [7, 11) is -3.69. The first-order valence-corrected chi connectivity index (χ1v) is 12.8. The van der Waals surface area contributed by atoms with Crippen molar-refractivity contribution in [3.8, 4) is 0 Å². The molecule has 0 spiro atoms. The molecule has 172 valence electrons. The lowest BCUT2D eigenvalue weighted by Crippen LogP contribution is -2.40. The topological polar surface area (TPSA) is 79.0 Å². The van der Waals surface area contributed by atoms with Crippen molar-refractivity contribution >= 4 is 21.6 Å². The highest BCUT2D eigenvalue weighted by Crippen LogP contribution is 2.24. The van der Waals surface area contributed by atoms with Crippen LogP contribution in [-0.2, 0) is 14.8 Å². The maximum atomic E-state index is 13.0. The Bertz CT molecular complexity index is 999. The first-order chi connectivity index (χ1) is 15.5. The molecule has 7 nitrogen and oxygen atoms in total. The Hall–Kier alpha value is -2.42. The zero-order valence-corrected chi connectivity index (χ0v) is 19.1. The van der Waals surface area contributed by atoms with Crippen LogP contribution >= 0.6 is 0 Å². The number of carbonyl (C=O) groups is 1. The number of carbonyl (C=O) groups excluding carboxylic acids is 1. The van der Waals surface area contributed by atoms with Gasteiger partial charge in [-0.3, -0.25) is 14.4 Å². The van der Waals surface area contributed by atoms with E-state index in [-0.39, 0.29) is 10.8 Å². The highest BCUT2D eigenvalue weighted by molar-refractivity contribution is 7.92. The molecule has 2 aromatic rings. The average molecular weight is 458 g/mol. The summed E-state index contributed by atoms with van der Waals surface area (Å²) in [6.45, 7) is 6.27. The van der Waals surface area contributed by atoms with Crippen molar-refractivity contribution in [2.75, 3.05) is 50.7 Å². The third-order valence-electron chi connectivity index (χ3n) is 6.27. The predicted molar refractivity (Wildman–Crippen MR) is 124 cm³/mol. The van der Waals surface area contributed by atoms with Crippen LogP contribution in [0.4, 0.5) is 5.69 Å². The summed E-state index contributed by atoms with van der Waals surface area (Å²) >= 11 is 0. The predicted octanol–water partition coefficient (Wildman–Crippen LogP) is 3.06. The molecule has 2 aliphatic heterocycles. The summed E-state index contributed by atoms with van der Waals surface area (Å²) in [5, 5.41) is 0. The number of nitrogens with zero attached hydrogens (tertiary/aromatic N) is 2. The minimum Gasteiger partial charge on any atom is -0.379 e. The van der Waals surface area contributed by atoms with Gasteiger partial charge in [0.25, 0.3) is 15.9 Å². The second kappa shape index (κ2) is 10.5. The quantitative estimate of drug-likeness (QED) is 0.691. The number of anilines is 1. The standard InChI is InChI=1S/C24H31N3O4S/c28-24(27-13-10-20(11-14-27)9-12-26-15-17-31-18-16-26)21-5-4-6-22(19-21)25-32(29,30)23-7-2-1-3-8-23/h1-8,19-20,25H,9-18H2. The first-order valence-electron chi connectivity index (χ1n) is 11.3. The molecule has 0 saturated carbocycles. The van der Waals surface area contributed by atoms with Crippen LogP contribution < -0.4 is 4.72 Å². The summed E-state index contributed by atoms with van der Waals surface area (Å²) in [5.41, 5.74) is 0.894. The van der Waals surface area contributed by atoms with E-state index >= 15 is 0 Å². The molecule has 0 atom stereocenters. The zero-order valence-electron chi connectivity index (χ0n) is 18.3. The number of hydrogen-bond acceptors (Lipinski definition) is 5. The fourth-order valence-electron chi connectivity index (χ4n) is 4.33. The van der Waals surface area contributed by atoms with Crippen LogP contribution in [-0.4, -0.2) is 70.1 Å². The van der Waals surface area contributed by atoms with E-state index in [0.717, 1.165) is 58.8 Å². The number of sulfonamides is 1. The van der Waals surface area contributed by atoms with E-state index in [0.29, 0.717) is 17.2 Å². The molecule has 1 amide bonds. The summed E-state index contributed by atoms with van der Waals surface area (Å²) in [6, 6.07) is 14.9. The molecule has 8 heteroatoms. The number of ether oxygens (including phenoxy) is 1. The Morgan fingerprint density at radius 1 is 0.969 bits per heavy atom. The van der Waals surface area contributed by atoms with Gasteiger partial charge < -0.3 is 9.64 Å². The summed E-state index contributed by atoms with van der Waals surface area (Å²) in [5.74, 6) is 0.600. The fourth-order valence-corrected chi connectivity index (χ4v) is 5.40. The van der Waals surface area contributed by atoms with Crippen molar-refractivity contribution in [2.24, 2.45) is 5.92 Å². The number of hydrogen-bond donors (Lipinski definition) is 1. The van der Waals surface area contributed by atoms with Crippen LogP contribution in [0, 0.1) is 5.92 Å². The van der Waals surface area contributed by atoms with E-state index in [1.165, 1.54) is 6.42 Å². The molecule has 2 aliphatic rings. The Kier molecular flexibility index (Phi) is 7.44. The highest BCUT2D eigenvalue weighted by Gasteiger charge is 2.25. The largest absolute Gasteiger partial charge is 0.379 e. The van der Waals surface area contributed by atoms with Gasteiger partial charge in [-0.1, -0.05) is 24.3 Å². The Balaban J connectivity index is 1.31. The third kappa shape index (κ3) is 5.88. The molecule has 2 aromatic carbocycles. The van der Waals surface area contributed by atoms with Gasteiger partial charge in [0, 0.05) is 37.4 Å². The Morgan fingerprint density at radius 3 is 2.41 bits per heavy atom. The molecule has 2 fully saturated rings. The number of amides is 1. The lowest BCUT2D eigenvalue weighted by atomic mass is 9.93. The molecule has 0 aliphatic carbocycles. The first kappa shape index (κ1) is 22.8. The van der Waals surface area contributed by atoms with Gasteiger partial charge in [0.05, 0.1) is 18.1 Å². The van der Waals surface area contributed by atoms with Crippen molar-refractivity contribution in [3.05, 3.63) is 60.2 Å². The molecule has 32 heavy (non-hydrogen) atoms. The van der Waals surface area contributed by atoms with Gasteiger partial charge in [-0.2, -0.15) is 0 Å². The third-order valence-corrected chi connectivity index (χ3v) is 7.67. The second-order valence-electron chi connectivity index (χ2n) is 8.48. The highest BCUT2D eigenvalue weighted by atomic mass is 32.2. The second-order valence-corrected chi connectivity index (χ2v) is 10.2. The Labute approximate surface area is 190 Å². The number of rotatable bonds is 7. The molecule has 2 heterocycles. The smallest absolute Gasteiger partial charge is 0.261 e. The number of morpholine rings is 1. The number of nitrogens with one attached hydrogen (secondary N) is 1. The summed E-state index contributed by atoms with van der Waals surface area (Å²) < 4.78 is 33.1. The molecule has 4 rings (SSSR count). The van der Waals surface area contributed by atoms with Crippen LogP contribution in [0.1, 0.15) is 29.6 Å². The van der Waals surface area contributed by atoms with Gasteiger partial charge in [-0.05, 0) is 62.1 Å². The van der Waals surface area contributed by atoms with Crippen molar-refractivity contribution < 1.29 is 17.9 Å². The van der Waals surface area contributed by atoms with E-state index in [9.17, 15) is 13.2 Å². The van der Waals surface area contributed by atoms with Gasteiger partial charge in [0.2, 0.25) is 0 Å². The van der Waals surface area contributed by atoms with Crippen molar-refractivity contribution in [1.29, 1.82) is 0 Å². The minimum atomic E-state index is -3.69. The van der Waals surface area contributed by atoms with Crippen LogP contribution in [0.25, 0.3) is 0 Å². The molecular weight excluding hydrogens is 426 g/mol. The fraction of sp³-hybridized carbons (Fsp3) is 0.458. The van der Waals surface area contributed by atoms with Crippen molar-refractivity contribution in [1.82, 2.24) is 9.80 Å². The minimum absolute atomic E-state index is 0.0441. The van der Waals surface area contributed by atoms with Crippen molar-refractivity contribution in [3.63, 3.8) is 0 Å². The van der Waals surface area contributed by atoms with Crippen LogP contribution in [0.15, 0.2) is 59.5 Å². The monoisotopic (exact) mass is 457 g/mol. The van der Waals surface area contributed by atoms with Crippen LogP contribution in [0.3, 0.4) is 0 Å². The maximum absolute atomic E-state index is 13.0. The van der Waals surface area contributed by atoms with E-state index in [1.54, 1.807) is 54.6 Å².